The molecule has 2 aliphatic rings. The molecular weight excluding hydrogens is 420 g/mol. The molecule has 0 spiro atoms. The van der Waals surface area contributed by atoms with Gasteiger partial charge in [-0.25, -0.2) is 9.69 Å². The summed E-state index contributed by atoms with van der Waals surface area (Å²) < 4.78 is 17.7. The number of ether oxygens (including phenoxy) is 3. The van der Waals surface area contributed by atoms with E-state index in [1.165, 1.54) is 11.8 Å². The molecule has 31 heavy (non-hydrogen) atoms. The summed E-state index contributed by atoms with van der Waals surface area (Å²) in [6, 6.07) is 15.5. The molecule has 0 saturated carbocycles. The van der Waals surface area contributed by atoms with Crippen LogP contribution in [0.2, 0.25) is 0 Å². The number of benzene rings is 2. The first-order valence-electron chi connectivity index (χ1n) is 9.66. The smallest absolute Gasteiger partial charge is 0.416 e. The Hall–Kier alpha value is -3.53. The van der Waals surface area contributed by atoms with Crippen molar-refractivity contribution in [3.05, 3.63) is 54.1 Å². The van der Waals surface area contributed by atoms with E-state index in [0.717, 1.165) is 16.0 Å². The van der Waals surface area contributed by atoms with E-state index in [1.54, 1.807) is 0 Å². The van der Waals surface area contributed by atoms with Gasteiger partial charge in [0, 0.05) is 5.56 Å². The zero-order valence-electron chi connectivity index (χ0n) is 16.4. The van der Waals surface area contributed by atoms with Gasteiger partial charge in [0.1, 0.15) is 6.61 Å². The molecule has 2 aromatic carbocycles. The number of cyclic esters (lactones) is 1. The van der Waals surface area contributed by atoms with E-state index in [1.807, 2.05) is 53.1 Å². The maximum atomic E-state index is 12.4. The van der Waals surface area contributed by atoms with Crippen LogP contribution in [0.3, 0.4) is 0 Å². The van der Waals surface area contributed by atoms with Gasteiger partial charge in [-0.05, 0) is 17.7 Å². The highest BCUT2D eigenvalue weighted by Crippen LogP contribution is 2.33. The monoisotopic (exact) mass is 438 g/mol. The lowest BCUT2D eigenvalue weighted by molar-refractivity contribution is -0.125. The van der Waals surface area contributed by atoms with Crippen molar-refractivity contribution in [2.75, 3.05) is 25.7 Å². The number of imide groups is 1. The van der Waals surface area contributed by atoms with E-state index in [2.05, 4.69) is 10.2 Å². The molecule has 0 unspecified atom stereocenters. The summed E-state index contributed by atoms with van der Waals surface area (Å²) in [6.45, 7) is 1.20. The van der Waals surface area contributed by atoms with Crippen LogP contribution in [0.4, 0.5) is 4.79 Å². The van der Waals surface area contributed by atoms with Gasteiger partial charge >= 0.3 is 6.09 Å². The van der Waals surface area contributed by atoms with Crippen molar-refractivity contribution < 1.29 is 23.8 Å². The van der Waals surface area contributed by atoms with E-state index >= 15 is 0 Å². The molecule has 0 N–H and O–H groups in total. The molecular formula is C21H18N4O5S. The molecule has 158 valence electrons. The maximum absolute atomic E-state index is 12.4. The number of hydrogen-bond acceptors (Lipinski definition) is 8. The van der Waals surface area contributed by atoms with Crippen molar-refractivity contribution >= 4 is 23.8 Å². The summed E-state index contributed by atoms with van der Waals surface area (Å²) in [7, 11) is 0. The zero-order valence-corrected chi connectivity index (χ0v) is 17.2. The summed E-state index contributed by atoms with van der Waals surface area (Å²) in [6.07, 6.45) is -0.600. The average molecular weight is 438 g/mol. The van der Waals surface area contributed by atoms with Crippen molar-refractivity contribution in [1.29, 1.82) is 0 Å². The zero-order chi connectivity index (χ0) is 21.2. The number of carbonyl (C=O) groups is 2. The topological polar surface area (TPSA) is 95.8 Å². The van der Waals surface area contributed by atoms with Crippen molar-refractivity contribution in [2.45, 2.75) is 11.7 Å². The Morgan fingerprint density at radius 3 is 2.68 bits per heavy atom. The van der Waals surface area contributed by atoms with E-state index in [0.29, 0.717) is 29.0 Å². The fourth-order valence-corrected chi connectivity index (χ4v) is 4.20. The van der Waals surface area contributed by atoms with Crippen LogP contribution in [0.15, 0.2) is 53.7 Å². The first-order chi connectivity index (χ1) is 15.2. The quantitative estimate of drug-likeness (QED) is 0.542. The van der Waals surface area contributed by atoms with Gasteiger partial charge in [0.2, 0.25) is 12.7 Å². The van der Waals surface area contributed by atoms with Gasteiger partial charge in [-0.15, -0.1) is 10.2 Å². The van der Waals surface area contributed by atoms with E-state index in [4.69, 9.17) is 14.2 Å². The summed E-state index contributed by atoms with van der Waals surface area (Å²) in [5.41, 5.74) is 1.90. The molecule has 0 atom stereocenters. The molecule has 10 heteroatoms. The summed E-state index contributed by atoms with van der Waals surface area (Å²) in [5.74, 6) is 1.85. The predicted molar refractivity (Wildman–Crippen MR) is 111 cm³/mol. The first-order valence-corrected chi connectivity index (χ1v) is 10.6. The number of carbonyl (C=O) groups excluding carboxylic acids is 2. The fourth-order valence-electron chi connectivity index (χ4n) is 3.38. The van der Waals surface area contributed by atoms with Crippen molar-refractivity contribution in [3.63, 3.8) is 0 Å². The minimum Gasteiger partial charge on any atom is -0.454 e. The van der Waals surface area contributed by atoms with Crippen molar-refractivity contribution in [1.82, 2.24) is 19.7 Å². The molecule has 0 bridgehead atoms. The molecule has 1 aromatic heterocycles. The second-order valence-corrected chi connectivity index (χ2v) is 7.84. The van der Waals surface area contributed by atoms with Crippen LogP contribution in [0, 0.1) is 0 Å². The highest BCUT2D eigenvalue weighted by atomic mass is 32.2. The summed E-state index contributed by atoms with van der Waals surface area (Å²) in [4.78, 5) is 25.2. The first kappa shape index (κ1) is 19.4. The van der Waals surface area contributed by atoms with Crippen LogP contribution in [-0.4, -0.2) is 57.4 Å². The number of thioether (sulfide) groups is 1. The molecule has 1 fully saturated rings. The van der Waals surface area contributed by atoms with Crippen LogP contribution < -0.4 is 9.47 Å². The van der Waals surface area contributed by atoms with E-state index in [-0.39, 0.29) is 31.6 Å². The Morgan fingerprint density at radius 1 is 1.03 bits per heavy atom. The summed E-state index contributed by atoms with van der Waals surface area (Å²) >= 11 is 1.24. The molecule has 0 radical (unpaired) electrons. The van der Waals surface area contributed by atoms with Gasteiger partial charge in [0.15, 0.2) is 22.5 Å². The molecule has 3 aromatic rings. The summed E-state index contributed by atoms with van der Waals surface area (Å²) in [5, 5.41) is 9.26. The van der Waals surface area contributed by atoms with Gasteiger partial charge in [0.25, 0.3) is 0 Å². The number of fused-ring (bicyclic) bond motifs is 1. The van der Waals surface area contributed by atoms with Crippen LogP contribution >= 0.6 is 11.8 Å². The third-order valence-corrected chi connectivity index (χ3v) is 5.86. The molecule has 1 saturated heterocycles. The molecule has 2 amide bonds. The molecule has 2 aliphatic heterocycles. The molecule has 3 heterocycles. The third-order valence-electron chi connectivity index (χ3n) is 4.91. The highest BCUT2D eigenvalue weighted by molar-refractivity contribution is 7.99. The largest absolute Gasteiger partial charge is 0.454 e. The number of aromatic nitrogens is 3. The Morgan fingerprint density at radius 2 is 1.87 bits per heavy atom. The van der Waals surface area contributed by atoms with E-state index in [9.17, 15) is 9.59 Å². The van der Waals surface area contributed by atoms with Crippen LogP contribution in [0.25, 0.3) is 11.4 Å². The third kappa shape index (κ3) is 3.93. The lowest BCUT2D eigenvalue weighted by atomic mass is 10.2. The number of hydrogen-bond donors (Lipinski definition) is 0. The van der Waals surface area contributed by atoms with Gasteiger partial charge in [0.05, 0.1) is 18.8 Å². The Balaban J connectivity index is 1.42. The number of nitrogens with zero attached hydrogens (tertiary/aromatic N) is 4. The fraction of sp³-hybridized carbons (Fsp3) is 0.238. The lowest BCUT2D eigenvalue weighted by Gasteiger charge is -2.12. The van der Waals surface area contributed by atoms with Crippen LogP contribution in [0.1, 0.15) is 5.56 Å². The van der Waals surface area contributed by atoms with Crippen LogP contribution in [-0.2, 0) is 16.1 Å². The van der Waals surface area contributed by atoms with E-state index < -0.39 is 6.09 Å². The van der Waals surface area contributed by atoms with Gasteiger partial charge in [-0.2, -0.15) is 0 Å². The Kier molecular flexibility index (Phi) is 5.21. The normalized spacial score (nSPS) is 14.7. The second-order valence-electron chi connectivity index (χ2n) is 6.89. The van der Waals surface area contributed by atoms with Gasteiger partial charge in [-0.3, -0.25) is 9.36 Å². The number of rotatable bonds is 6. The molecule has 9 nitrogen and oxygen atoms in total. The van der Waals surface area contributed by atoms with Crippen LogP contribution in [0.5, 0.6) is 11.5 Å². The van der Waals surface area contributed by atoms with Gasteiger partial charge in [-0.1, -0.05) is 48.2 Å². The minimum atomic E-state index is -0.600. The van der Waals surface area contributed by atoms with Crippen molar-refractivity contribution in [2.24, 2.45) is 0 Å². The van der Waals surface area contributed by atoms with Crippen molar-refractivity contribution in [3.8, 4) is 22.9 Å². The molecule has 0 aliphatic carbocycles. The Labute approximate surface area is 181 Å². The lowest BCUT2D eigenvalue weighted by Crippen LogP contribution is -2.33. The highest BCUT2D eigenvalue weighted by Gasteiger charge is 2.29. The number of amides is 2. The Bertz CT molecular complexity index is 1130. The SMILES string of the molecule is O=C(CSc1nnc(-c2ccccc2)n1Cc1ccc2c(c1)OCO2)N1CCOC1=O. The predicted octanol–water partition coefficient (Wildman–Crippen LogP) is 2.79. The maximum Gasteiger partial charge on any atom is 0.416 e. The van der Waals surface area contributed by atoms with Gasteiger partial charge < -0.3 is 14.2 Å². The minimum absolute atomic E-state index is 0.0587. The standard InChI is InChI=1S/C21H18N4O5S/c26-18(24-8-9-28-21(24)27)12-31-20-23-22-19(15-4-2-1-3-5-15)25(20)11-14-6-7-16-17(10-14)30-13-29-16/h1-7,10H,8-9,11-13H2. The average Bonchev–Trinajstić information content (AvgIpc) is 3.52. The second kappa shape index (κ2) is 8.31. The molecule has 5 rings (SSSR count).